The Hall–Kier alpha value is -1.46. The Morgan fingerprint density at radius 3 is 2.60 bits per heavy atom. The predicted molar refractivity (Wildman–Crippen MR) is 75.5 cm³/mol. The maximum atomic E-state index is 13.7. The van der Waals surface area contributed by atoms with Crippen molar-refractivity contribution in [3.05, 3.63) is 63.6 Å². The highest BCUT2D eigenvalue weighted by molar-refractivity contribution is 9.10. The first-order chi connectivity index (χ1) is 9.47. The van der Waals surface area contributed by atoms with Gasteiger partial charge in [0.2, 0.25) is 0 Å². The van der Waals surface area contributed by atoms with Crippen LogP contribution in [0.25, 0.3) is 0 Å². The van der Waals surface area contributed by atoms with Gasteiger partial charge in [-0.05, 0) is 31.2 Å². The molecule has 0 amide bonds. The fraction of sp³-hybridized carbons (Fsp3) is 0.200. The van der Waals surface area contributed by atoms with E-state index in [9.17, 15) is 13.9 Å². The first-order valence-electron chi connectivity index (χ1n) is 6.01. The molecule has 1 atom stereocenters. The van der Waals surface area contributed by atoms with Gasteiger partial charge in [0.1, 0.15) is 24.0 Å². The molecule has 1 unspecified atom stereocenters. The van der Waals surface area contributed by atoms with Crippen LogP contribution >= 0.6 is 15.9 Å². The second-order valence-corrected chi connectivity index (χ2v) is 5.30. The summed E-state index contributed by atoms with van der Waals surface area (Å²) >= 11 is 3.17. The molecule has 0 aliphatic carbocycles. The predicted octanol–water partition coefficient (Wildman–Crippen LogP) is 4.36. The molecule has 0 aromatic heterocycles. The van der Waals surface area contributed by atoms with Gasteiger partial charge in [-0.3, -0.25) is 0 Å². The minimum atomic E-state index is -0.791. The summed E-state index contributed by atoms with van der Waals surface area (Å²) in [5, 5.41) is 9.60. The largest absolute Gasteiger partial charge is 0.488 e. The van der Waals surface area contributed by atoms with Crippen molar-refractivity contribution in [2.75, 3.05) is 0 Å². The Labute approximate surface area is 124 Å². The van der Waals surface area contributed by atoms with Crippen molar-refractivity contribution in [3.8, 4) is 5.75 Å². The molecular formula is C15H13BrF2O2. The molecule has 0 heterocycles. The second-order valence-electron chi connectivity index (χ2n) is 4.38. The van der Waals surface area contributed by atoms with Crippen molar-refractivity contribution in [1.82, 2.24) is 0 Å². The minimum absolute atomic E-state index is 0.0394. The zero-order valence-corrected chi connectivity index (χ0v) is 12.3. The van der Waals surface area contributed by atoms with Crippen molar-refractivity contribution >= 4 is 15.9 Å². The van der Waals surface area contributed by atoms with Crippen LogP contribution in [0.5, 0.6) is 5.75 Å². The van der Waals surface area contributed by atoms with E-state index in [0.717, 1.165) is 0 Å². The fourth-order valence-corrected chi connectivity index (χ4v) is 2.11. The van der Waals surface area contributed by atoms with E-state index in [-0.39, 0.29) is 12.4 Å². The van der Waals surface area contributed by atoms with Crippen LogP contribution < -0.4 is 4.74 Å². The van der Waals surface area contributed by atoms with E-state index < -0.39 is 17.7 Å². The summed E-state index contributed by atoms with van der Waals surface area (Å²) in [5.41, 5.74) is 0.818. The van der Waals surface area contributed by atoms with Crippen molar-refractivity contribution in [1.29, 1.82) is 0 Å². The molecule has 20 heavy (non-hydrogen) atoms. The lowest BCUT2D eigenvalue weighted by atomic mass is 10.1. The van der Waals surface area contributed by atoms with Gasteiger partial charge in [0.15, 0.2) is 0 Å². The molecule has 2 rings (SSSR count). The molecule has 5 heteroatoms. The molecule has 0 saturated carbocycles. The molecule has 0 bridgehead atoms. The molecular weight excluding hydrogens is 330 g/mol. The number of hydrogen-bond donors (Lipinski definition) is 1. The fourth-order valence-electron chi connectivity index (χ4n) is 1.77. The lowest BCUT2D eigenvalue weighted by Gasteiger charge is -2.14. The van der Waals surface area contributed by atoms with Crippen molar-refractivity contribution in [2.24, 2.45) is 0 Å². The van der Waals surface area contributed by atoms with E-state index in [1.54, 1.807) is 19.1 Å². The Morgan fingerprint density at radius 2 is 1.95 bits per heavy atom. The quantitative estimate of drug-likeness (QED) is 0.894. The van der Waals surface area contributed by atoms with E-state index in [1.165, 1.54) is 24.3 Å². The van der Waals surface area contributed by atoms with Crippen LogP contribution in [0.3, 0.4) is 0 Å². The highest BCUT2D eigenvalue weighted by atomic mass is 79.9. The van der Waals surface area contributed by atoms with Gasteiger partial charge in [0.05, 0.1) is 6.10 Å². The summed E-state index contributed by atoms with van der Waals surface area (Å²) in [6, 6.07) is 8.49. The van der Waals surface area contributed by atoms with E-state index >= 15 is 0 Å². The first kappa shape index (κ1) is 14.9. The third kappa shape index (κ3) is 3.55. The Bertz CT molecular complexity index is 615. The monoisotopic (exact) mass is 342 g/mol. The Balaban J connectivity index is 2.20. The van der Waals surface area contributed by atoms with Gasteiger partial charge >= 0.3 is 0 Å². The molecule has 2 aromatic rings. The van der Waals surface area contributed by atoms with E-state index in [4.69, 9.17) is 4.74 Å². The van der Waals surface area contributed by atoms with Crippen LogP contribution in [0.1, 0.15) is 24.2 Å². The molecule has 0 spiro atoms. The van der Waals surface area contributed by atoms with Crippen LogP contribution in [-0.4, -0.2) is 5.11 Å². The topological polar surface area (TPSA) is 29.5 Å². The molecule has 2 nitrogen and oxygen atoms in total. The number of hydrogen-bond acceptors (Lipinski definition) is 2. The Kier molecular flexibility index (Phi) is 4.73. The molecule has 0 aliphatic heterocycles. The highest BCUT2D eigenvalue weighted by Crippen LogP contribution is 2.27. The molecule has 1 N–H and O–H groups in total. The average Bonchev–Trinajstić information content (AvgIpc) is 2.37. The summed E-state index contributed by atoms with van der Waals surface area (Å²) in [7, 11) is 0. The molecule has 0 saturated heterocycles. The number of benzene rings is 2. The summed E-state index contributed by atoms with van der Waals surface area (Å²) in [5.74, 6) is -0.669. The van der Waals surface area contributed by atoms with Gasteiger partial charge in [0, 0.05) is 21.7 Å². The molecule has 0 radical (unpaired) electrons. The normalized spacial score (nSPS) is 12.2. The summed E-state index contributed by atoms with van der Waals surface area (Å²) in [6.45, 7) is 1.52. The van der Waals surface area contributed by atoms with E-state index in [0.29, 0.717) is 15.6 Å². The smallest absolute Gasteiger partial charge is 0.130 e. The Morgan fingerprint density at radius 1 is 1.20 bits per heavy atom. The van der Waals surface area contributed by atoms with Gasteiger partial charge < -0.3 is 9.84 Å². The van der Waals surface area contributed by atoms with Crippen LogP contribution in [0.15, 0.2) is 40.9 Å². The third-order valence-electron chi connectivity index (χ3n) is 2.82. The van der Waals surface area contributed by atoms with Crippen LogP contribution in [0.2, 0.25) is 0 Å². The second kappa shape index (κ2) is 6.33. The number of aliphatic hydroxyl groups excluding tert-OH is 1. The number of ether oxygens (including phenoxy) is 1. The van der Waals surface area contributed by atoms with Gasteiger partial charge in [-0.2, -0.15) is 0 Å². The first-order valence-corrected chi connectivity index (χ1v) is 6.81. The molecule has 0 fully saturated rings. The zero-order chi connectivity index (χ0) is 14.7. The number of halogens is 3. The lowest BCUT2D eigenvalue weighted by Crippen LogP contribution is -2.03. The lowest BCUT2D eigenvalue weighted by molar-refractivity contribution is 0.189. The van der Waals surface area contributed by atoms with Gasteiger partial charge in [-0.1, -0.05) is 22.0 Å². The number of aliphatic hydroxyl groups is 1. The zero-order valence-electron chi connectivity index (χ0n) is 10.7. The van der Waals surface area contributed by atoms with E-state index in [2.05, 4.69) is 15.9 Å². The average molecular weight is 343 g/mol. The van der Waals surface area contributed by atoms with Crippen LogP contribution in [-0.2, 0) is 6.61 Å². The number of rotatable bonds is 4. The minimum Gasteiger partial charge on any atom is -0.488 e. The maximum Gasteiger partial charge on any atom is 0.130 e. The van der Waals surface area contributed by atoms with E-state index in [1.807, 2.05) is 0 Å². The van der Waals surface area contributed by atoms with Gasteiger partial charge in [0.25, 0.3) is 0 Å². The van der Waals surface area contributed by atoms with Gasteiger partial charge in [-0.15, -0.1) is 0 Å². The SMILES string of the molecule is CC(O)c1ccc(F)cc1OCc1ccc(Br)cc1F. The van der Waals surface area contributed by atoms with Gasteiger partial charge in [-0.25, -0.2) is 8.78 Å². The maximum absolute atomic E-state index is 13.7. The highest BCUT2D eigenvalue weighted by Gasteiger charge is 2.11. The van der Waals surface area contributed by atoms with Crippen LogP contribution in [0.4, 0.5) is 8.78 Å². The molecule has 2 aromatic carbocycles. The molecule has 0 aliphatic rings. The summed E-state index contributed by atoms with van der Waals surface area (Å²) in [6.07, 6.45) is -0.791. The standard InChI is InChI=1S/C15H13BrF2O2/c1-9(19)13-5-4-12(17)7-15(13)20-8-10-2-3-11(16)6-14(10)18/h2-7,9,19H,8H2,1H3. The molecule has 106 valence electrons. The summed E-state index contributed by atoms with van der Waals surface area (Å²) < 4.78 is 32.9. The van der Waals surface area contributed by atoms with Crippen molar-refractivity contribution in [3.63, 3.8) is 0 Å². The third-order valence-corrected chi connectivity index (χ3v) is 3.32. The van der Waals surface area contributed by atoms with Crippen molar-refractivity contribution < 1.29 is 18.6 Å². The summed E-state index contributed by atoms with van der Waals surface area (Å²) in [4.78, 5) is 0. The van der Waals surface area contributed by atoms with Crippen molar-refractivity contribution in [2.45, 2.75) is 19.6 Å². The van der Waals surface area contributed by atoms with Crippen LogP contribution in [0, 0.1) is 11.6 Å².